The number of ether oxygens (including phenoxy) is 3. The van der Waals surface area contributed by atoms with Gasteiger partial charge in [-0.25, -0.2) is 4.79 Å². The molecule has 6 heteroatoms. The van der Waals surface area contributed by atoms with Crippen LogP contribution in [0, 0.1) is 0 Å². The average molecular weight is 441 g/mol. The topological polar surface area (TPSA) is 60.0 Å². The first-order valence-electron chi connectivity index (χ1n) is 11.5. The molecule has 0 bridgehead atoms. The van der Waals surface area contributed by atoms with E-state index in [0.717, 1.165) is 31.0 Å². The zero-order valence-corrected chi connectivity index (χ0v) is 19.9. The molecule has 174 valence electrons. The SMILES string of the molecule is CCOc1ccc(C(c2ccc(OCC)cc2)N2CC[C@@H](NC(=O)OC(C)(C)C)C2)cc1. The summed E-state index contributed by atoms with van der Waals surface area (Å²) in [5, 5.41) is 3.03. The second-order valence-corrected chi connectivity index (χ2v) is 9.03. The number of amides is 1. The van der Waals surface area contributed by atoms with Crippen molar-refractivity contribution >= 4 is 6.09 Å². The number of carbonyl (C=O) groups is 1. The molecular weight excluding hydrogens is 404 g/mol. The molecule has 3 rings (SSSR count). The maximum absolute atomic E-state index is 12.2. The Morgan fingerprint density at radius 2 is 1.47 bits per heavy atom. The molecule has 1 saturated heterocycles. The molecule has 6 nitrogen and oxygen atoms in total. The van der Waals surface area contributed by atoms with E-state index in [1.54, 1.807) is 0 Å². The number of alkyl carbamates (subject to hydrolysis) is 1. The standard InChI is InChI=1S/C26H36N2O4/c1-6-30-22-12-8-19(9-13-22)24(20-10-14-23(15-11-20)31-7-2)28-17-16-21(18-28)27-25(29)32-26(3,4)5/h8-15,21,24H,6-7,16-18H2,1-5H3,(H,27,29)/t21-/m1/s1. The van der Waals surface area contributed by atoms with Gasteiger partial charge in [0.1, 0.15) is 17.1 Å². The lowest BCUT2D eigenvalue weighted by molar-refractivity contribution is 0.0505. The van der Waals surface area contributed by atoms with Gasteiger partial charge in [0.2, 0.25) is 0 Å². The van der Waals surface area contributed by atoms with E-state index in [9.17, 15) is 4.79 Å². The summed E-state index contributed by atoms with van der Waals surface area (Å²) in [7, 11) is 0. The molecule has 2 aromatic rings. The van der Waals surface area contributed by atoms with Crippen LogP contribution in [-0.2, 0) is 4.74 Å². The highest BCUT2D eigenvalue weighted by Crippen LogP contribution is 2.33. The van der Waals surface area contributed by atoms with E-state index < -0.39 is 5.60 Å². The molecule has 0 radical (unpaired) electrons. The minimum absolute atomic E-state index is 0.0535. The minimum atomic E-state index is -0.504. The lowest BCUT2D eigenvalue weighted by Crippen LogP contribution is -2.41. The van der Waals surface area contributed by atoms with E-state index in [4.69, 9.17) is 14.2 Å². The number of hydrogen-bond donors (Lipinski definition) is 1. The van der Waals surface area contributed by atoms with E-state index in [1.165, 1.54) is 11.1 Å². The first-order valence-corrected chi connectivity index (χ1v) is 11.5. The zero-order chi connectivity index (χ0) is 23.1. The number of nitrogens with zero attached hydrogens (tertiary/aromatic N) is 1. The average Bonchev–Trinajstić information content (AvgIpc) is 3.17. The van der Waals surface area contributed by atoms with Gasteiger partial charge in [-0.05, 0) is 76.4 Å². The molecule has 1 heterocycles. The molecule has 1 atom stereocenters. The zero-order valence-electron chi connectivity index (χ0n) is 19.9. The van der Waals surface area contributed by atoms with E-state index in [0.29, 0.717) is 13.2 Å². The quantitative estimate of drug-likeness (QED) is 0.613. The molecule has 0 unspecified atom stereocenters. The van der Waals surface area contributed by atoms with Gasteiger partial charge in [-0.3, -0.25) is 4.90 Å². The van der Waals surface area contributed by atoms with Crippen molar-refractivity contribution < 1.29 is 19.0 Å². The van der Waals surface area contributed by atoms with Gasteiger partial charge in [-0.15, -0.1) is 0 Å². The summed E-state index contributed by atoms with van der Waals surface area (Å²) >= 11 is 0. The monoisotopic (exact) mass is 440 g/mol. The normalized spacial score (nSPS) is 16.8. The van der Waals surface area contributed by atoms with Gasteiger partial charge in [0.15, 0.2) is 0 Å². The van der Waals surface area contributed by atoms with Crippen molar-refractivity contribution in [1.29, 1.82) is 0 Å². The highest BCUT2D eigenvalue weighted by molar-refractivity contribution is 5.68. The second kappa shape index (κ2) is 10.7. The van der Waals surface area contributed by atoms with Crippen LogP contribution in [0.4, 0.5) is 4.79 Å². The molecule has 32 heavy (non-hydrogen) atoms. The van der Waals surface area contributed by atoms with E-state index >= 15 is 0 Å². The Labute approximate surface area is 191 Å². The summed E-state index contributed by atoms with van der Waals surface area (Å²) in [6, 6.07) is 16.7. The molecule has 0 aromatic heterocycles. The Balaban J connectivity index is 1.79. The van der Waals surface area contributed by atoms with E-state index in [2.05, 4.69) is 34.5 Å². The van der Waals surface area contributed by atoms with Crippen LogP contribution in [0.15, 0.2) is 48.5 Å². The van der Waals surface area contributed by atoms with Crippen molar-refractivity contribution in [3.8, 4) is 11.5 Å². The molecular formula is C26H36N2O4. The fourth-order valence-corrected chi connectivity index (χ4v) is 4.05. The molecule has 1 N–H and O–H groups in total. The summed E-state index contributed by atoms with van der Waals surface area (Å²) in [5.41, 5.74) is 1.88. The summed E-state index contributed by atoms with van der Waals surface area (Å²) in [6.45, 7) is 12.5. The Bertz CT molecular complexity index is 809. The van der Waals surface area contributed by atoms with Crippen LogP contribution in [0.1, 0.15) is 58.2 Å². The van der Waals surface area contributed by atoms with Crippen molar-refractivity contribution in [3.05, 3.63) is 59.7 Å². The van der Waals surface area contributed by atoms with E-state index in [1.807, 2.05) is 58.9 Å². The molecule has 1 aliphatic heterocycles. The lowest BCUT2D eigenvalue weighted by atomic mass is 9.97. The highest BCUT2D eigenvalue weighted by atomic mass is 16.6. The third-order valence-electron chi connectivity index (χ3n) is 5.32. The van der Waals surface area contributed by atoms with Crippen LogP contribution in [0.2, 0.25) is 0 Å². The van der Waals surface area contributed by atoms with Crippen LogP contribution in [0.3, 0.4) is 0 Å². The molecule has 0 aliphatic carbocycles. The van der Waals surface area contributed by atoms with Crippen molar-refractivity contribution in [2.24, 2.45) is 0 Å². The Hall–Kier alpha value is -2.73. The third-order valence-corrected chi connectivity index (χ3v) is 5.32. The van der Waals surface area contributed by atoms with Gasteiger partial charge in [0, 0.05) is 19.1 Å². The van der Waals surface area contributed by atoms with Gasteiger partial charge in [-0.2, -0.15) is 0 Å². The number of likely N-dealkylation sites (tertiary alicyclic amines) is 1. The highest BCUT2D eigenvalue weighted by Gasteiger charge is 2.32. The number of benzene rings is 2. The second-order valence-electron chi connectivity index (χ2n) is 9.03. The smallest absolute Gasteiger partial charge is 0.407 e. The van der Waals surface area contributed by atoms with Crippen molar-refractivity contribution in [1.82, 2.24) is 10.2 Å². The Morgan fingerprint density at radius 3 is 1.91 bits per heavy atom. The maximum atomic E-state index is 12.2. The van der Waals surface area contributed by atoms with Crippen LogP contribution in [0.25, 0.3) is 0 Å². The van der Waals surface area contributed by atoms with Crippen LogP contribution >= 0.6 is 0 Å². The first-order chi connectivity index (χ1) is 15.3. The largest absolute Gasteiger partial charge is 0.494 e. The summed E-state index contributed by atoms with van der Waals surface area (Å²) < 4.78 is 16.7. The fourth-order valence-electron chi connectivity index (χ4n) is 4.05. The first kappa shape index (κ1) is 23.9. The fraction of sp³-hybridized carbons (Fsp3) is 0.500. The van der Waals surface area contributed by atoms with Crippen LogP contribution < -0.4 is 14.8 Å². The predicted molar refractivity (Wildman–Crippen MR) is 126 cm³/mol. The Morgan fingerprint density at radius 1 is 0.969 bits per heavy atom. The molecule has 1 amide bonds. The summed E-state index contributed by atoms with van der Waals surface area (Å²) in [5.74, 6) is 1.74. The van der Waals surface area contributed by atoms with Crippen molar-refractivity contribution in [2.75, 3.05) is 26.3 Å². The summed E-state index contributed by atoms with van der Waals surface area (Å²) in [6.07, 6.45) is 0.520. The molecule has 0 spiro atoms. The summed E-state index contributed by atoms with van der Waals surface area (Å²) in [4.78, 5) is 14.7. The van der Waals surface area contributed by atoms with Gasteiger partial charge < -0.3 is 19.5 Å². The molecule has 2 aromatic carbocycles. The molecule has 1 aliphatic rings. The lowest BCUT2D eigenvalue weighted by Gasteiger charge is -2.29. The van der Waals surface area contributed by atoms with Crippen LogP contribution in [-0.4, -0.2) is 48.9 Å². The number of nitrogens with one attached hydrogen (secondary N) is 1. The van der Waals surface area contributed by atoms with Gasteiger partial charge in [-0.1, -0.05) is 24.3 Å². The van der Waals surface area contributed by atoms with E-state index in [-0.39, 0.29) is 18.2 Å². The molecule has 1 fully saturated rings. The Kier molecular flexibility index (Phi) is 8.02. The number of rotatable bonds is 8. The third kappa shape index (κ3) is 6.63. The van der Waals surface area contributed by atoms with Crippen molar-refractivity contribution in [2.45, 2.75) is 58.7 Å². The maximum Gasteiger partial charge on any atom is 0.407 e. The number of carbonyl (C=O) groups excluding carboxylic acids is 1. The van der Waals surface area contributed by atoms with Gasteiger partial charge in [0.05, 0.1) is 19.3 Å². The van der Waals surface area contributed by atoms with Crippen molar-refractivity contribution in [3.63, 3.8) is 0 Å². The predicted octanol–water partition coefficient (Wildman–Crippen LogP) is 5.17. The molecule has 0 saturated carbocycles. The van der Waals surface area contributed by atoms with Crippen LogP contribution in [0.5, 0.6) is 11.5 Å². The van der Waals surface area contributed by atoms with Gasteiger partial charge in [0.25, 0.3) is 0 Å². The minimum Gasteiger partial charge on any atom is -0.494 e. The number of hydrogen-bond acceptors (Lipinski definition) is 5. The van der Waals surface area contributed by atoms with Gasteiger partial charge >= 0.3 is 6.09 Å².